The fourth-order valence-electron chi connectivity index (χ4n) is 2.78. The van der Waals surface area contributed by atoms with Crippen LogP contribution in [0.15, 0.2) is 22.7 Å². The summed E-state index contributed by atoms with van der Waals surface area (Å²) < 4.78 is 0.919. The van der Waals surface area contributed by atoms with Gasteiger partial charge in [-0.3, -0.25) is 9.69 Å². The van der Waals surface area contributed by atoms with Crippen LogP contribution in [0.5, 0.6) is 0 Å². The van der Waals surface area contributed by atoms with Crippen molar-refractivity contribution >= 4 is 39.9 Å². The number of nitrogens with zero attached hydrogens (tertiary/aromatic N) is 1. The van der Waals surface area contributed by atoms with Crippen LogP contribution in [-0.2, 0) is 4.79 Å². The van der Waals surface area contributed by atoms with Crippen LogP contribution in [0.2, 0.25) is 0 Å². The summed E-state index contributed by atoms with van der Waals surface area (Å²) in [6.45, 7) is 6.41. The lowest BCUT2D eigenvalue weighted by Gasteiger charge is -2.34. The number of carbonyl (C=O) groups excluding carboxylic acids is 1. The van der Waals surface area contributed by atoms with Crippen LogP contribution in [0.1, 0.15) is 25.3 Å². The van der Waals surface area contributed by atoms with Gasteiger partial charge in [0.1, 0.15) is 0 Å². The number of amides is 1. The molecule has 1 fully saturated rings. The highest BCUT2D eigenvalue weighted by molar-refractivity contribution is 9.10. The molecule has 124 valence electrons. The Hall–Kier alpha value is -0.620. The summed E-state index contributed by atoms with van der Waals surface area (Å²) in [6.07, 6.45) is 2.28. The molecule has 2 rings (SSSR count). The average Bonchev–Trinajstić information content (AvgIpc) is 2.42. The number of benzene rings is 1. The van der Waals surface area contributed by atoms with Gasteiger partial charge in [0.15, 0.2) is 0 Å². The van der Waals surface area contributed by atoms with Gasteiger partial charge in [-0.25, -0.2) is 0 Å². The summed E-state index contributed by atoms with van der Waals surface area (Å²) in [6, 6.07) is 6.12. The van der Waals surface area contributed by atoms with E-state index in [9.17, 15) is 4.79 Å². The zero-order valence-corrected chi connectivity index (χ0v) is 15.5. The van der Waals surface area contributed by atoms with Crippen molar-refractivity contribution in [3.05, 3.63) is 28.2 Å². The third-order valence-corrected chi connectivity index (χ3v) is 4.71. The van der Waals surface area contributed by atoms with Gasteiger partial charge in [0.25, 0.3) is 0 Å². The third-order valence-electron chi connectivity index (χ3n) is 4.05. The lowest BCUT2D eigenvalue weighted by atomic mass is 9.92. The molecule has 1 aliphatic rings. The maximum Gasteiger partial charge on any atom is 0.238 e. The molecular formula is C16H25BrClN3O. The van der Waals surface area contributed by atoms with Gasteiger partial charge >= 0.3 is 0 Å². The minimum Gasteiger partial charge on any atom is -0.328 e. The molecule has 22 heavy (non-hydrogen) atoms. The lowest BCUT2D eigenvalue weighted by molar-refractivity contribution is -0.117. The highest BCUT2D eigenvalue weighted by atomic mass is 79.9. The number of nitrogens with one attached hydrogen (secondary N) is 1. The zero-order valence-electron chi connectivity index (χ0n) is 13.1. The lowest BCUT2D eigenvalue weighted by Crippen LogP contribution is -2.45. The van der Waals surface area contributed by atoms with Crippen molar-refractivity contribution in [2.24, 2.45) is 11.7 Å². The van der Waals surface area contributed by atoms with E-state index in [2.05, 4.69) is 33.1 Å². The standard InChI is InChI=1S/C16H24BrN3O.ClH/c1-11-5-6-15(14(17)8-11)19-16(21)10-20-7-3-4-13(9-20)12(2)18;/h5-6,8,12-13H,3-4,7,9-10,18H2,1-2H3,(H,19,21);1H. The molecule has 0 radical (unpaired) electrons. The van der Waals surface area contributed by atoms with Gasteiger partial charge in [-0.05, 0) is 72.8 Å². The Morgan fingerprint density at radius 2 is 2.27 bits per heavy atom. The molecule has 0 saturated carbocycles. The van der Waals surface area contributed by atoms with Crippen molar-refractivity contribution in [2.75, 3.05) is 25.0 Å². The van der Waals surface area contributed by atoms with Gasteiger partial charge in [-0.15, -0.1) is 12.4 Å². The second-order valence-corrected chi connectivity index (χ2v) is 6.88. The number of hydrogen-bond donors (Lipinski definition) is 2. The molecule has 4 nitrogen and oxygen atoms in total. The van der Waals surface area contributed by atoms with Gasteiger partial charge in [0.05, 0.1) is 12.2 Å². The predicted octanol–water partition coefficient (Wildman–Crippen LogP) is 3.18. The van der Waals surface area contributed by atoms with Crippen molar-refractivity contribution in [3.63, 3.8) is 0 Å². The Balaban J connectivity index is 0.00000242. The molecule has 0 aliphatic carbocycles. The first-order valence-corrected chi connectivity index (χ1v) is 8.29. The topological polar surface area (TPSA) is 58.4 Å². The fraction of sp³-hybridized carbons (Fsp3) is 0.562. The monoisotopic (exact) mass is 389 g/mol. The normalized spacial score (nSPS) is 20.1. The Labute approximate surface area is 147 Å². The minimum absolute atomic E-state index is 0. The van der Waals surface area contributed by atoms with Crippen LogP contribution in [0, 0.1) is 12.8 Å². The van der Waals surface area contributed by atoms with E-state index in [4.69, 9.17) is 5.73 Å². The highest BCUT2D eigenvalue weighted by Crippen LogP contribution is 2.23. The summed E-state index contributed by atoms with van der Waals surface area (Å²) in [7, 11) is 0. The molecule has 1 saturated heterocycles. The molecule has 1 aromatic rings. The number of nitrogens with two attached hydrogens (primary N) is 1. The number of halogens is 2. The maximum absolute atomic E-state index is 12.2. The van der Waals surface area contributed by atoms with Gasteiger partial charge in [-0.1, -0.05) is 6.07 Å². The van der Waals surface area contributed by atoms with E-state index in [0.717, 1.165) is 35.2 Å². The third kappa shape index (κ3) is 5.54. The van der Waals surface area contributed by atoms with Crippen molar-refractivity contribution < 1.29 is 4.79 Å². The first-order valence-electron chi connectivity index (χ1n) is 7.49. The fourth-order valence-corrected chi connectivity index (χ4v) is 3.37. The number of rotatable bonds is 4. The first-order chi connectivity index (χ1) is 9.95. The van der Waals surface area contributed by atoms with Crippen molar-refractivity contribution in [1.82, 2.24) is 4.90 Å². The molecule has 1 aliphatic heterocycles. The van der Waals surface area contributed by atoms with E-state index in [0.29, 0.717) is 12.5 Å². The van der Waals surface area contributed by atoms with Crippen molar-refractivity contribution in [3.8, 4) is 0 Å². The Kier molecular flexibility index (Phi) is 7.83. The predicted molar refractivity (Wildman–Crippen MR) is 97.6 cm³/mol. The average molecular weight is 391 g/mol. The number of anilines is 1. The molecule has 1 heterocycles. The summed E-state index contributed by atoms with van der Waals surface area (Å²) >= 11 is 3.48. The summed E-state index contributed by atoms with van der Waals surface area (Å²) in [4.78, 5) is 14.4. The van der Waals surface area contributed by atoms with Gasteiger partial charge in [0.2, 0.25) is 5.91 Å². The summed E-state index contributed by atoms with van der Waals surface area (Å²) in [5.74, 6) is 0.530. The van der Waals surface area contributed by atoms with E-state index in [1.807, 2.05) is 25.1 Å². The summed E-state index contributed by atoms with van der Waals surface area (Å²) in [5.41, 5.74) is 7.97. The quantitative estimate of drug-likeness (QED) is 0.830. The number of carbonyl (C=O) groups is 1. The number of hydrogen-bond acceptors (Lipinski definition) is 3. The molecule has 2 unspecified atom stereocenters. The van der Waals surface area contributed by atoms with Gasteiger partial charge in [-0.2, -0.15) is 0 Å². The van der Waals surface area contributed by atoms with Gasteiger partial charge in [0, 0.05) is 17.1 Å². The van der Waals surface area contributed by atoms with Crippen LogP contribution in [-0.4, -0.2) is 36.5 Å². The second-order valence-electron chi connectivity index (χ2n) is 6.03. The number of aryl methyl sites for hydroxylation is 1. The molecular weight excluding hydrogens is 366 g/mol. The molecule has 6 heteroatoms. The molecule has 1 aromatic carbocycles. The van der Waals surface area contributed by atoms with Crippen LogP contribution >= 0.6 is 28.3 Å². The maximum atomic E-state index is 12.2. The highest BCUT2D eigenvalue weighted by Gasteiger charge is 2.24. The Bertz CT molecular complexity index is 510. The second kappa shape index (κ2) is 8.87. The molecule has 1 amide bonds. The van der Waals surface area contributed by atoms with Crippen LogP contribution in [0.4, 0.5) is 5.69 Å². The largest absolute Gasteiger partial charge is 0.328 e. The smallest absolute Gasteiger partial charge is 0.238 e. The van der Waals surface area contributed by atoms with Crippen LogP contribution in [0.3, 0.4) is 0 Å². The molecule has 2 atom stereocenters. The van der Waals surface area contributed by atoms with E-state index >= 15 is 0 Å². The first kappa shape index (κ1) is 19.4. The van der Waals surface area contributed by atoms with Gasteiger partial charge < -0.3 is 11.1 Å². The Morgan fingerprint density at radius 3 is 2.91 bits per heavy atom. The molecule has 0 spiro atoms. The van der Waals surface area contributed by atoms with Crippen LogP contribution in [0.25, 0.3) is 0 Å². The molecule has 3 N–H and O–H groups in total. The van der Waals surface area contributed by atoms with E-state index in [1.165, 1.54) is 6.42 Å². The SMILES string of the molecule is Cc1ccc(NC(=O)CN2CCCC(C(C)N)C2)c(Br)c1.Cl. The number of likely N-dealkylation sites (tertiary alicyclic amines) is 1. The minimum atomic E-state index is 0. The Morgan fingerprint density at radius 1 is 1.55 bits per heavy atom. The van der Waals surface area contributed by atoms with Crippen molar-refractivity contribution in [2.45, 2.75) is 32.7 Å². The van der Waals surface area contributed by atoms with E-state index in [-0.39, 0.29) is 24.4 Å². The summed E-state index contributed by atoms with van der Waals surface area (Å²) in [5, 5.41) is 2.97. The molecule has 0 aromatic heterocycles. The van der Waals surface area contributed by atoms with E-state index in [1.54, 1.807) is 0 Å². The van der Waals surface area contributed by atoms with Crippen LogP contribution < -0.4 is 11.1 Å². The van der Waals surface area contributed by atoms with Crippen molar-refractivity contribution in [1.29, 1.82) is 0 Å². The zero-order chi connectivity index (χ0) is 15.4. The molecule has 0 bridgehead atoms. The van der Waals surface area contributed by atoms with E-state index < -0.39 is 0 Å². The number of piperidine rings is 1.